The third-order valence-electron chi connectivity index (χ3n) is 4.04. The number of nitro benzene ring substituents is 1. The largest absolute Gasteiger partial charge is 0.294 e. The molecule has 6 nitrogen and oxygen atoms in total. The zero-order chi connectivity index (χ0) is 15.7. The Kier molecular flexibility index (Phi) is 3.70. The number of nitro groups is 1. The van der Waals surface area contributed by atoms with Gasteiger partial charge in [0, 0.05) is 18.1 Å². The molecule has 0 radical (unpaired) electrons. The molecule has 0 unspecified atom stereocenters. The lowest BCUT2D eigenvalue weighted by Gasteiger charge is -2.24. The number of benzene rings is 1. The molecule has 0 amide bonds. The molecule has 0 spiro atoms. The Morgan fingerprint density at radius 2 is 2.18 bits per heavy atom. The van der Waals surface area contributed by atoms with E-state index in [1.807, 2.05) is 0 Å². The highest BCUT2D eigenvalue weighted by atomic mass is 19.1. The van der Waals surface area contributed by atoms with Crippen molar-refractivity contribution < 1.29 is 9.31 Å². The van der Waals surface area contributed by atoms with E-state index in [0.717, 1.165) is 31.0 Å². The van der Waals surface area contributed by atoms with Gasteiger partial charge in [-0.3, -0.25) is 19.5 Å². The van der Waals surface area contributed by atoms with Crippen LogP contribution in [0.5, 0.6) is 0 Å². The van der Waals surface area contributed by atoms with Crippen molar-refractivity contribution >= 4 is 5.69 Å². The smallest absolute Gasteiger partial charge is 0.277 e. The fourth-order valence-corrected chi connectivity index (χ4v) is 2.53. The molecule has 3 rings (SSSR count). The molecule has 1 aromatic carbocycles. The Morgan fingerprint density at radius 1 is 1.41 bits per heavy atom. The Morgan fingerprint density at radius 3 is 2.77 bits per heavy atom. The van der Waals surface area contributed by atoms with Gasteiger partial charge in [0.1, 0.15) is 5.82 Å². The van der Waals surface area contributed by atoms with Gasteiger partial charge in [0.15, 0.2) is 0 Å². The van der Waals surface area contributed by atoms with Crippen molar-refractivity contribution in [2.75, 3.05) is 0 Å². The Bertz CT molecular complexity index is 784. The first kappa shape index (κ1) is 14.4. The number of nitrogens with zero attached hydrogens (tertiary/aromatic N) is 3. The van der Waals surface area contributed by atoms with E-state index in [-0.39, 0.29) is 23.4 Å². The maximum atomic E-state index is 13.9. The minimum Gasteiger partial charge on any atom is -0.294 e. The average Bonchev–Trinajstić information content (AvgIpc) is 2.41. The van der Waals surface area contributed by atoms with Gasteiger partial charge in [0.2, 0.25) is 0 Å². The zero-order valence-electron chi connectivity index (χ0n) is 11.7. The third kappa shape index (κ3) is 2.61. The molecule has 0 bridgehead atoms. The van der Waals surface area contributed by atoms with E-state index < -0.39 is 10.7 Å². The van der Waals surface area contributed by atoms with E-state index in [2.05, 4.69) is 4.98 Å². The minimum absolute atomic E-state index is 0.118. The number of halogens is 1. The van der Waals surface area contributed by atoms with Crippen LogP contribution in [-0.2, 0) is 6.54 Å². The van der Waals surface area contributed by atoms with Crippen LogP contribution in [0.2, 0.25) is 0 Å². The summed E-state index contributed by atoms with van der Waals surface area (Å²) in [6.07, 6.45) is 4.52. The summed E-state index contributed by atoms with van der Waals surface area (Å²) in [5.74, 6) is -0.380. The van der Waals surface area contributed by atoms with Crippen LogP contribution in [0.15, 0.2) is 35.4 Å². The lowest BCUT2D eigenvalue weighted by molar-refractivity contribution is -0.385. The van der Waals surface area contributed by atoms with Crippen LogP contribution >= 0.6 is 0 Å². The molecule has 114 valence electrons. The van der Waals surface area contributed by atoms with Gasteiger partial charge in [-0.1, -0.05) is 12.5 Å². The van der Waals surface area contributed by atoms with Crippen molar-refractivity contribution in [1.29, 1.82) is 0 Å². The van der Waals surface area contributed by atoms with Gasteiger partial charge in [0.25, 0.3) is 11.2 Å². The molecular weight excluding hydrogens is 289 g/mol. The van der Waals surface area contributed by atoms with Crippen molar-refractivity contribution in [1.82, 2.24) is 9.55 Å². The second-order valence-electron chi connectivity index (χ2n) is 5.40. The average molecular weight is 303 g/mol. The summed E-state index contributed by atoms with van der Waals surface area (Å²) >= 11 is 0. The van der Waals surface area contributed by atoms with E-state index in [4.69, 9.17) is 0 Å². The van der Waals surface area contributed by atoms with Gasteiger partial charge in [0.05, 0.1) is 29.1 Å². The van der Waals surface area contributed by atoms with E-state index in [0.29, 0.717) is 5.92 Å². The first-order chi connectivity index (χ1) is 10.6. The highest BCUT2D eigenvalue weighted by Gasteiger charge is 2.22. The summed E-state index contributed by atoms with van der Waals surface area (Å²) in [5, 5.41) is 11.0. The molecule has 2 aromatic rings. The quantitative estimate of drug-likeness (QED) is 0.642. The fourth-order valence-electron chi connectivity index (χ4n) is 2.53. The minimum atomic E-state index is -0.704. The van der Waals surface area contributed by atoms with Gasteiger partial charge in [-0.15, -0.1) is 0 Å². The molecule has 1 fully saturated rings. The van der Waals surface area contributed by atoms with E-state index >= 15 is 0 Å². The fraction of sp³-hybridized carbons (Fsp3) is 0.333. The molecule has 0 N–H and O–H groups in total. The van der Waals surface area contributed by atoms with Crippen LogP contribution < -0.4 is 5.56 Å². The molecular formula is C15H14FN3O3. The SMILES string of the molecule is O=c1cc(C2CCC2)ncn1Cc1c(F)cccc1[N+](=O)[O-]. The van der Waals surface area contributed by atoms with Gasteiger partial charge >= 0.3 is 0 Å². The van der Waals surface area contributed by atoms with E-state index in [1.165, 1.54) is 29.1 Å². The highest BCUT2D eigenvalue weighted by molar-refractivity contribution is 5.41. The Hall–Kier alpha value is -2.57. The van der Waals surface area contributed by atoms with Crippen molar-refractivity contribution in [3.05, 3.63) is 68.1 Å². The predicted molar refractivity (Wildman–Crippen MR) is 77.2 cm³/mol. The van der Waals surface area contributed by atoms with E-state index in [9.17, 15) is 19.3 Å². The number of rotatable bonds is 4. The molecule has 1 heterocycles. The van der Waals surface area contributed by atoms with Gasteiger partial charge in [-0.05, 0) is 18.9 Å². The summed E-state index contributed by atoms with van der Waals surface area (Å²) in [5.41, 5.74) is -0.0345. The molecule has 0 atom stereocenters. The second kappa shape index (κ2) is 5.67. The van der Waals surface area contributed by atoms with Crippen LogP contribution in [0.25, 0.3) is 0 Å². The van der Waals surface area contributed by atoms with Crippen molar-refractivity contribution in [2.24, 2.45) is 0 Å². The molecule has 1 aliphatic carbocycles. The summed E-state index contributed by atoms with van der Waals surface area (Å²) in [6.45, 7) is -0.209. The molecule has 1 aromatic heterocycles. The van der Waals surface area contributed by atoms with Crippen LogP contribution in [0.4, 0.5) is 10.1 Å². The number of aromatic nitrogens is 2. The summed E-state index contributed by atoms with van der Waals surface area (Å²) in [7, 11) is 0. The molecule has 7 heteroatoms. The standard InChI is InChI=1S/C15H14FN3O3/c16-12-5-2-6-14(19(21)22)11(12)8-18-9-17-13(7-15(18)20)10-3-1-4-10/h2,5-7,9-10H,1,3-4,8H2. The van der Waals surface area contributed by atoms with Gasteiger partial charge < -0.3 is 0 Å². The van der Waals surface area contributed by atoms with Gasteiger partial charge in [-0.25, -0.2) is 9.37 Å². The Balaban J connectivity index is 1.94. The van der Waals surface area contributed by atoms with Crippen molar-refractivity contribution in [2.45, 2.75) is 31.7 Å². The van der Waals surface area contributed by atoms with Gasteiger partial charge in [-0.2, -0.15) is 0 Å². The maximum absolute atomic E-state index is 13.9. The first-order valence-corrected chi connectivity index (χ1v) is 7.04. The molecule has 0 saturated heterocycles. The zero-order valence-corrected chi connectivity index (χ0v) is 11.7. The lowest BCUT2D eigenvalue weighted by atomic mass is 9.83. The normalized spacial score (nSPS) is 14.6. The molecule has 0 aliphatic heterocycles. The molecule has 1 aliphatic rings. The monoisotopic (exact) mass is 303 g/mol. The molecule has 22 heavy (non-hydrogen) atoms. The summed E-state index contributed by atoms with van der Waals surface area (Å²) in [6, 6.07) is 5.08. The predicted octanol–water partition coefficient (Wildman–Crippen LogP) is 2.61. The lowest BCUT2D eigenvalue weighted by Crippen LogP contribution is -2.24. The maximum Gasteiger partial charge on any atom is 0.277 e. The van der Waals surface area contributed by atoms with Crippen molar-refractivity contribution in [3.8, 4) is 0 Å². The Labute approximate surface area is 125 Å². The summed E-state index contributed by atoms with van der Waals surface area (Å²) in [4.78, 5) is 26.7. The van der Waals surface area contributed by atoms with Crippen LogP contribution in [0, 0.1) is 15.9 Å². The number of hydrogen-bond donors (Lipinski definition) is 0. The highest BCUT2D eigenvalue weighted by Crippen LogP contribution is 2.34. The molecule has 1 saturated carbocycles. The second-order valence-corrected chi connectivity index (χ2v) is 5.40. The van der Waals surface area contributed by atoms with Crippen LogP contribution in [0.1, 0.15) is 36.4 Å². The summed E-state index contributed by atoms with van der Waals surface area (Å²) < 4.78 is 15.0. The van der Waals surface area contributed by atoms with Crippen molar-refractivity contribution in [3.63, 3.8) is 0 Å². The topological polar surface area (TPSA) is 78.0 Å². The first-order valence-electron chi connectivity index (χ1n) is 7.04. The third-order valence-corrected chi connectivity index (χ3v) is 4.04. The van der Waals surface area contributed by atoms with Crippen LogP contribution in [-0.4, -0.2) is 14.5 Å². The van der Waals surface area contributed by atoms with Crippen LogP contribution in [0.3, 0.4) is 0 Å². The van der Waals surface area contributed by atoms with E-state index in [1.54, 1.807) is 0 Å². The number of hydrogen-bond acceptors (Lipinski definition) is 4.